The van der Waals surface area contributed by atoms with Crippen LogP contribution in [0.4, 0.5) is 0 Å². The van der Waals surface area contributed by atoms with E-state index in [1.807, 2.05) is 6.08 Å². The summed E-state index contributed by atoms with van der Waals surface area (Å²) in [7, 11) is 0. The summed E-state index contributed by atoms with van der Waals surface area (Å²) in [5.74, 6) is -0.171. The first-order valence-electron chi connectivity index (χ1n) is 3.36. The summed E-state index contributed by atoms with van der Waals surface area (Å²) in [4.78, 5) is 10.8. The van der Waals surface area contributed by atoms with Crippen LogP contribution in [0.15, 0.2) is 11.6 Å². The number of ether oxygens (including phenoxy) is 2. The lowest BCUT2D eigenvalue weighted by atomic mass is 10.2. The van der Waals surface area contributed by atoms with Crippen molar-refractivity contribution in [1.29, 1.82) is 0 Å². The van der Waals surface area contributed by atoms with Crippen LogP contribution in [0.1, 0.15) is 6.42 Å². The maximum Gasteiger partial charge on any atom is 0.333 e. The van der Waals surface area contributed by atoms with Crippen LogP contribution in [0.2, 0.25) is 0 Å². The molecule has 0 radical (unpaired) electrons. The molecule has 3 heteroatoms. The molecule has 0 N–H and O–H groups in total. The van der Waals surface area contributed by atoms with Crippen molar-refractivity contribution in [3.05, 3.63) is 11.6 Å². The summed E-state index contributed by atoms with van der Waals surface area (Å²) in [6.07, 6.45) is 2.80. The van der Waals surface area contributed by atoms with Gasteiger partial charge in [0.15, 0.2) is 0 Å². The molecular formula is C7H8O3. The topological polar surface area (TPSA) is 38.8 Å². The molecule has 2 heterocycles. The Kier molecular flexibility index (Phi) is 1.24. The monoisotopic (exact) mass is 140 g/mol. The van der Waals surface area contributed by atoms with E-state index < -0.39 is 0 Å². The molecular weight excluding hydrogens is 132 g/mol. The highest BCUT2D eigenvalue weighted by Gasteiger charge is 2.25. The van der Waals surface area contributed by atoms with Gasteiger partial charge < -0.3 is 9.47 Å². The van der Waals surface area contributed by atoms with Gasteiger partial charge in [0, 0.05) is 12.0 Å². The third kappa shape index (κ3) is 1.04. The van der Waals surface area contributed by atoms with Gasteiger partial charge in [-0.3, -0.25) is 0 Å². The third-order valence-corrected chi connectivity index (χ3v) is 1.61. The van der Waals surface area contributed by atoms with E-state index in [1.54, 1.807) is 0 Å². The zero-order valence-electron chi connectivity index (χ0n) is 5.50. The number of hydrogen-bond donors (Lipinski definition) is 0. The van der Waals surface area contributed by atoms with E-state index >= 15 is 0 Å². The lowest BCUT2D eigenvalue weighted by Gasteiger charge is -1.86. The van der Waals surface area contributed by atoms with Crippen LogP contribution >= 0.6 is 0 Å². The lowest BCUT2D eigenvalue weighted by Crippen LogP contribution is -1.95. The maximum atomic E-state index is 10.8. The molecule has 0 aliphatic carbocycles. The number of rotatable bonds is 1. The molecule has 0 amide bonds. The second-order valence-electron chi connectivity index (χ2n) is 2.45. The second-order valence-corrected chi connectivity index (χ2v) is 2.45. The van der Waals surface area contributed by atoms with Crippen LogP contribution < -0.4 is 0 Å². The average Bonchev–Trinajstić information content (AvgIpc) is 2.62. The summed E-state index contributed by atoms with van der Waals surface area (Å²) in [5, 5.41) is 0. The highest BCUT2D eigenvalue weighted by molar-refractivity contribution is 5.90. The van der Waals surface area contributed by atoms with Crippen LogP contribution in [-0.2, 0) is 14.3 Å². The molecule has 0 spiro atoms. The number of epoxide rings is 1. The molecule has 2 aliphatic rings. The number of hydrogen-bond acceptors (Lipinski definition) is 3. The van der Waals surface area contributed by atoms with Gasteiger partial charge in [0.1, 0.15) is 0 Å². The zero-order chi connectivity index (χ0) is 6.97. The Morgan fingerprint density at radius 1 is 1.60 bits per heavy atom. The summed E-state index contributed by atoms with van der Waals surface area (Å²) in [6.45, 7) is 1.30. The highest BCUT2D eigenvalue weighted by Crippen LogP contribution is 2.19. The molecule has 2 rings (SSSR count). The van der Waals surface area contributed by atoms with E-state index in [0.29, 0.717) is 6.61 Å². The van der Waals surface area contributed by atoms with Crippen molar-refractivity contribution in [2.45, 2.75) is 12.5 Å². The molecule has 0 aromatic heterocycles. The zero-order valence-corrected chi connectivity index (χ0v) is 5.50. The number of carbonyl (C=O) groups is 1. The lowest BCUT2D eigenvalue weighted by molar-refractivity contribution is -0.135. The maximum absolute atomic E-state index is 10.8. The Morgan fingerprint density at radius 3 is 2.90 bits per heavy atom. The fourth-order valence-electron chi connectivity index (χ4n) is 0.976. The Balaban J connectivity index is 2.07. The highest BCUT2D eigenvalue weighted by atomic mass is 16.6. The Labute approximate surface area is 58.6 Å². The Morgan fingerprint density at radius 2 is 2.40 bits per heavy atom. The third-order valence-electron chi connectivity index (χ3n) is 1.61. The summed E-state index contributed by atoms with van der Waals surface area (Å²) < 4.78 is 9.67. The fraction of sp³-hybridized carbons (Fsp3) is 0.571. The van der Waals surface area contributed by atoms with Crippen molar-refractivity contribution in [2.75, 3.05) is 13.2 Å². The minimum absolute atomic E-state index is 0.171. The number of esters is 1. The molecule has 1 unspecified atom stereocenters. The van der Waals surface area contributed by atoms with Gasteiger partial charge in [0.05, 0.1) is 19.3 Å². The molecule has 0 aromatic carbocycles. The van der Waals surface area contributed by atoms with Gasteiger partial charge in [0.25, 0.3) is 0 Å². The number of carbonyl (C=O) groups excluding carboxylic acids is 1. The standard InChI is InChI=1S/C7H8O3/c8-7-5(1-2-9-7)3-6-4-10-6/h3,6H,1-2,4H2/b5-3-. The Bertz CT molecular complexity index is 191. The smallest absolute Gasteiger partial charge is 0.333 e. The van der Waals surface area contributed by atoms with Crippen LogP contribution in [0.5, 0.6) is 0 Å². The minimum atomic E-state index is -0.171. The molecule has 0 aromatic rings. The molecule has 1 atom stereocenters. The predicted octanol–water partition coefficient (Wildman–Crippen LogP) is 0.258. The quantitative estimate of drug-likeness (QED) is 0.298. The molecule has 0 bridgehead atoms. The van der Waals surface area contributed by atoms with Crippen LogP contribution in [0.25, 0.3) is 0 Å². The first-order chi connectivity index (χ1) is 4.86. The van der Waals surface area contributed by atoms with Crippen molar-refractivity contribution >= 4 is 5.97 Å². The fourth-order valence-corrected chi connectivity index (χ4v) is 0.976. The van der Waals surface area contributed by atoms with Crippen molar-refractivity contribution in [3.8, 4) is 0 Å². The van der Waals surface area contributed by atoms with Gasteiger partial charge in [-0.1, -0.05) is 0 Å². The molecule has 2 saturated heterocycles. The van der Waals surface area contributed by atoms with Crippen LogP contribution in [-0.4, -0.2) is 25.3 Å². The van der Waals surface area contributed by atoms with E-state index in [2.05, 4.69) is 0 Å². The molecule has 54 valence electrons. The minimum Gasteiger partial charge on any atom is -0.462 e. The summed E-state index contributed by atoms with van der Waals surface area (Å²) in [5.41, 5.74) is 0.780. The van der Waals surface area contributed by atoms with E-state index in [4.69, 9.17) is 9.47 Å². The van der Waals surface area contributed by atoms with Crippen molar-refractivity contribution < 1.29 is 14.3 Å². The van der Waals surface area contributed by atoms with Crippen molar-refractivity contribution in [3.63, 3.8) is 0 Å². The largest absolute Gasteiger partial charge is 0.462 e. The first-order valence-corrected chi connectivity index (χ1v) is 3.36. The number of cyclic esters (lactones) is 1. The van der Waals surface area contributed by atoms with E-state index in [-0.39, 0.29) is 12.1 Å². The predicted molar refractivity (Wildman–Crippen MR) is 33.4 cm³/mol. The van der Waals surface area contributed by atoms with Gasteiger partial charge in [-0.25, -0.2) is 4.79 Å². The van der Waals surface area contributed by atoms with E-state index in [1.165, 1.54) is 0 Å². The first kappa shape index (κ1) is 5.92. The van der Waals surface area contributed by atoms with E-state index in [9.17, 15) is 4.79 Å². The second kappa shape index (κ2) is 2.09. The van der Waals surface area contributed by atoms with Gasteiger partial charge in [-0.15, -0.1) is 0 Å². The van der Waals surface area contributed by atoms with Crippen molar-refractivity contribution in [1.82, 2.24) is 0 Å². The summed E-state index contributed by atoms with van der Waals surface area (Å²) in [6, 6.07) is 0. The molecule has 3 nitrogen and oxygen atoms in total. The molecule has 0 saturated carbocycles. The SMILES string of the molecule is O=C1OCC/C1=C/C1CO1. The molecule has 2 aliphatic heterocycles. The summed E-state index contributed by atoms with van der Waals surface area (Å²) >= 11 is 0. The van der Waals surface area contributed by atoms with Gasteiger partial charge in [0.2, 0.25) is 0 Å². The van der Waals surface area contributed by atoms with Gasteiger partial charge >= 0.3 is 5.97 Å². The Hall–Kier alpha value is -0.830. The van der Waals surface area contributed by atoms with Gasteiger partial charge in [-0.2, -0.15) is 0 Å². The van der Waals surface area contributed by atoms with Crippen molar-refractivity contribution in [2.24, 2.45) is 0 Å². The van der Waals surface area contributed by atoms with Gasteiger partial charge in [-0.05, 0) is 6.08 Å². The van der Waals surface area contributed by atoms with E-state index in [0.717, 1.165) is 18.6 Å². The normalized spacial score (nSPS) is 34.6. The molecule has 2 fully saturated rings. The molecule has 10 heavy (non-hydrogen) atoms. The average molecular weight is 140 g/mol. The van der Waals surface area contributed by atoms with Crippen LogP contribution in [0.3, 0.4) is 0 Å². The van der Waals surface area contributed by atoms with Crippen LogP contribution in [0, 0.1) is 0 Å².